The SMILES string of the molecule is CCC(N)N(C)CCC(=O)Nc1cc(C(=O)NCCN(C)C)n(C)c1. The molecule has 1 rings (SSSR count). The van der Waals surface area contributed by atoms with Gasteiger partial charge in [-0.05, 0) is 33.6 Å². The first-order chi connectivity index (χ1) is 11.7. The second-order valence-corrected chi connectivity index (χ2v) is 6.54. The number of hydrogen-bond acceptors (Lipinski definition) is 5. The highest BCUT2D eigenvalue weighted by molar-refractivity contribution is 5.96. The number of nitrogens with zero attached hydrogens (tertiary/aromatic N) is 3. The zero-order chi connectivity index (χ0) is 19.0. The molecule has 0 radical (unpaired) electrons. The van der Waals surface area contributed by atoms with Crippen molar-refractivity contribution in [1.29, 1.82) is 0 Å². The summed E-state index contributed by atoms with van der Waals surface area (Å²) in [5.41, 5.74) is 7.05. The number of aryl methyl sites for hydroxylation is 1. The predicted molar refractivity (Wildman–Crippen MR) is 100 cm³/mol. The Morgan fingerprint density at radius 2 is 1.96 bits per heavy atom. The number of carbonyl (C=O) groups is 2. The fourth-order valence-electron chi connectivity index (χ4n) is 2.32. The van der Waals surface area contributed by atoms with Crippen LogP contribution in [0.5, 0.6) is 0 Å². The Morgan fingerprint density at radius 1 is 1.28 bits per heavy atom. The highest BCUT2D eigenvalue weighted by Gasteiger charge is 2.14. The smallest absolute Gasteiger partial charge is 0.268 e. The second kappa shape index (κ2) is 10.2. The molecule has 0 aliphatic heterocycles. The Morgan fingerprint density at radius 3 is 2.56 bits per heavy atom. The highest BCUT2D eigenvalue weighted by Crippen LogP contribution is 2.13. The minimum Gasteiger partial charge on any atom is -0.349 e. The maximum Gasteiger partial charge on any atom is 0.268 e. The zero-order valence-corrected chi connectivity index (χ0v) is 16.0. The maximum atomic E-state index is 12.2. The summed E-state index contributed by atoms with van der Waals surface area (Å²) in [6, 6.07) is 1.68. The average molecular weight is 352 g/mol. The summed E-state index contributed by atoms with van der Waals surface area (Å²) in [5, 5.41) is 5.69. The van der Waals surface area contributed by atoms with E-state index in [-0.39, 0.29) is 18.0 Å². The number of carbonyl (C=O) groups excluding carboxylic acids is 2. The number of hydrogen-bond donors (Lipinski definition) is 3. The molecule has 1 unspecified atom stereocenters. The standard InChI is InChI=1S/C17H32N6O2/c1-6-15(18)22(4)9-7-16(24)20-13-11-14(23(5)12-13)17(25)19-8-10-21(2)3/h11-12,15H,6-10,18H2,1-5H3,(H,19,25)(H,20,24). The molecule has 0 spiro atoms. The molecule has 1 atom stereocenters. The Labute approximate surface area is 150 Å². The molecule has 1 heterocycles. The third kappa shape index (κ3) is 7.25. The van der Waals surface area contributed by atoms with Crippen LogP contribution in [-0.2, 0) is 11.8 Å². The first kappa shape index (κ1) is 21.1. The lowest BCUT2D eigenvalue weighted by Crippen LogP contribution is -2.40. The summed E-state index contributed by atoms with van der Waals surface area (Å²) in [4.78, 5) is 28.2. The van der Waals surface area contributed by atoms with Crippen LogP contribution in [0.1, 0.15) is 30.3 Å². The van der Waals surface area contributed by atoms with Gasteiger partial charge in [0.05, 0.1) is 11.9 Å². The van der Waals surface area contributed by atoms with Crippen molar-refractivity contribution < 1.29 is 9.59 Å². The van der Waals surface area contributed by atoms with Gasteiger partial charge in [-0.25, -0.2) is 0 Å². The normalized spacial score (nSPS) is 12.5. The van der Waals surface area contributed by atoms with Gasteiger partial charge < -0.3 is 25.8 Å². The van der Waals surface area contributed by atoms with Gasteiger partial charge in [-0.1, -0.05) is 6.92 Å². The summed E-state index contributed by atoms with van der Waals surface area (Å²) in [6.45, 7) is 3.94. The minimum atomic E-state index is -0.154. The number of anilines is 1. The van der Waals surface area contributed by atoms with E-state index in [0.29, 0.717) is 30.9 Å². The molecular formula is C17H32N6O2. The van der Waals surface area contributed by atoms with Crippen molar-refractivity contribution in [2.75, 3.05) is 46.1 Å². The van der Waals surface area contributed by atoms with Crippen LogP contribution in [0.15, 0.2) is 12.3 Å². The van der Waals surface area contributed by atoms with Crippen LogP contribution in [0.3, 0.4) is 0 Å². The van der Waals surface area contributed by atoms with Gasteiger partial charge in [-0.2, -0.15) is 0 Å². The molecule has 1 aromatic heterocycles. The number of nitrogens with two attached hydrogens (primary N) is 1. The molecule has 4 N–H and O–H groups in total. The molecule has 0 saturated heterocycles. The fourth-order valence-corrected chi connectivity index (χ4v) is 2.32. The molecular weight excluding hydrogens is 320 g/mol. The summed E-state index contributed by atoms with van der Waals surface area (Å²) in [6.07, 6.45) is 2.88. The van der Waals surface area contributed by atoms with E-state index in [9.17, 15) is 9.59 Å². The fraction of sp³-hybridized carbons (Fsp3) is 0.647. The lowest BCUT2D eigenvalue weighted by Gasteiger charge is -2.22. The van der Waals surface area contributed by atoms with Crippen LogP contribution in [0.4, 0.5) is 5.69 Å². The quantitative estimate of drug-likeness (QED) is 0.526. The Balaban J connectivity index is 2.52. The van der Waals surface area contributed by atoms with Crippen LogP contribution >= 0.6 is 0 Å². The van der Waals surface area contributed by atoms with Gasteiger partial charge in [0.15, 0.2) is 0 Å². The van der Waals surface area contributed by atoms with E-state index in [2.05, 4.69) is 10.6 Å². The van der Waals surface area contributed by atoms with Crippen LogP contribution in [0.25, 0.3) is 0 Å². The lowest BCUT2D eigenvalue weighted by molar-refractivity contribution is -0.116. The summed E-state index contributed by atoms with van der Waals surface area (Å²) >= 11 is 0. The van der Waals surface area contributed by atoms with Gasteiger partial charge in [0.25, 0.3) is 5.91 Å². The van der Waals surface area contributed by atoms with E-state index >= 15 is 0 Å². The van der Waals surface area contributed by atoms with Crippen LogP contribution in [0, 0.1) is 0 Å². The van der Waals surface area contributed by atoms with Crippen LogP contribution < -0.4 is 16.4 Å². The van der Waals surface area contributed by atoms with E-state index in [1.165, 1.54) is 0 Å². The first-order valence-corrected chi connectivity index (χ1v) is 8.59. The van der Waals surface area contributed by atoms with Gasteiger partial charge in [-0.15, -0.1) is 0 Å². The van der Waals surface area contributed by atoms with Crippen molar-refractivity contribution in [1.82, 2.24) is 19.7 Å². The highest BCUT2D eigenvalue weighted by atomic mass is 16.2. The van der Waals surface area contributed by atoms with E-state index in [1.807, 2.05) is 37.9 Å². The number of rotatable bonds is 10. The zero-order valence-electron chi connectivity index (χ0n) is 16.0. The van der Waals surface area contributed by atoms with Crippen LogP contribution in [0.2, 0.25) is 0 Å². The van der Waals surface area contributed by atoms with Crippen molar-refractivity contribution >= 4 is 17.5 Å². The molecule has 1 aromatic rings. The molecule has 2 amide bonds. The molecule has 8 nitrogen and oxygen atoms in total. The molecule has 0 saturated carbocycles. The lowest BCUT2D eigenvalue weighted by atomic mass is 10.3. The van der Waals surface area contributed by atoms with Crippen molar-refractivity contribution in [3.05, 3.63) is 18.0 Å². The van der Waals surface area contributed by atoms with Gasteiger partial charge in [0, 0.05) is 39.3 Å². The molecule has 0 aromatic carbocycles. The minimum absolute atomic E-state index is 0.0398. The molecule has 8 heteroatoms. The molecule has 0 fully saturated rings. The molecule has 0 aliphatic carbocycles. The van der Waals surface area contributed by atoms with E-state index in [1.54, 1.807) is 23.9 Å². The third-order valence-electron chi connectivity index (χ3n) is 4.04. The second-order valence-electron chi connectivity index (χ2n) is 6.54. The molecule has 25 heavy (non-hydrogen) atoms. The van der Waals surface area contributed by atoms with Crippen molar-refractivity contribution in [2.24, 2.45) is 12.8 Å². The third-order valence-corrected chi connectivity index (χ3v) is 4.04. The molecule has 0 bridgehead atoms. The van der Waals surface area contributed by atoms with Gasteiger partial charge in [0.2, 0.25) is 5.91 Å². The maximum absolute atomic E-state index is 12.2. The van der Waals surface area contributed by atoms with Crippen molar-refractivity contribution in [2.45, 2.75) is 25.9 Å². The number of likely N-dealkylation sites (N-methyl/N-ethyl adjacent to an activating group) is 1. The summed E-state index contributed by atoms with van der Waals surface area (Å²) in [5.74, 6) is -0.251. The Kier molecular flexibility index (Phi) is 8.60. The number of aromatic nitrogens is 1. The predicted octanol–water partition coefficient (Wildman–Crippen LogP) is 0.272. The topological polar surface area (TPSA) is 95.6 Å². The van der Waals surface area contributed by atoms with E-state index < -0.39 is 0 Å². The molecule has 0 aliphatic rings. The summed E-state index contributed by atoms with van der Waals surface area (Å²) in [7, 11) is 7.59. The van der Waals surface area contributed by atoms with Gasteiger partial charge in [0.1, 0.15) is 5.69 Å². The average Bonchev–Trinajstić information content (AvgIpc) is 2.91. The summed E-state index contributed by atoms with van der Waals surface area (Å²) < 4.78 is 1.71. The Bertz CT molecular complexity index is 569. The van der Waals surface area contributed by atoms with Gasteiger partial charge in [-0.3, -0.25) is 14.5 Å². The largest absolute Gasteiger partial charge is 0.349 e. The van der Waals surface area contributed by atoms with Crippen molar-refractivity contribution in [3.63, 3.8) is 0 Å². The Hall–Kier alpha value is -1.90. The molecule has 142 valence electrons. The van der Waals surface area contributed by atoms with Gasteiger partial charge >= 0.3 is 0 Å². The van der Waals surface area contributed by atoms with E-state index in [4.69, 9.17) is 5.73 Å². The van der Waals surface area contributed by atoms with E-state index in [0.717, 1.165) is 13.0 Å². The number of nitrogens with one attached hydrogen (secondary N) is 2. The first-order valence-electron chi connectivity index (χ1n) is 8.59. The number of amides is 2. The van der Waals surface area contributed by atoms with Crippen molar-refractivity contribution in [3.8, 4) is 0 Å². The monoisotopic (exact) mass is 352 g/mol. The van der Waals surface area contributed by atoms with Crippen LogP contribution in [-0.4, -0.2) is 73.1 Å².